The molecule has 0 saturated carbocycles. The summed E-state index contributed by atoms with van der Waals surface area (Å²) in [5, 5.41) is 12.5. The van der Waals surface area contributed by atoms with E-state index in [0.29, 0.717) is 11.3 Å². The van der Waals surface area contributed by atoms with Crippen molar-refractivity contribution in [3.63, 3.8) is 0 Å². The number of aliphatic hydroxyl groups is 1. The third kappa shape index (κ3) is 3.60. The fourth-order valence-corrected chi connectivity index (χ4v) is 1.33. The molecule has 4 heteroatoms. The Morgan fingerprint density at radius 2 is 2.29 bits per heavy atom. The first-order valence-corrected chi connectivity index (χ1v) is 5.33. The van der Waals surface area contributed by atoms with Gasteiger partial charge in [0, 0.05) is 6.04 Å². The lowest BCUT2D eigenvalue weighted by atomic mass is 10.1. The monoisotopic (exact) mass is 235 g/mol. The van der Waals surface area contributed by atoms with Crippen molar-refractivity contribution >= 4 is 5.91 Å². The van der Waals surface area contributed by atoms with Crippen LogP contribution in [0.3, 0.4) is 0 Å². The van der Waals surface area contributed by atoms with Crippen molar-refractivity contribution in [2.45, 2.75) is 19.1 Å². The molecule has 92 valence electrons. The van der Waals surface area contributed by atoms with E-state index in [9.17, 15) is 9.90 Å². The number of hydrogen-bond donors (Lipinski definition) is 2. The van der Waals surface area contributed by atoms with Gasteiger partial charge in [-0.15, -0.1) is 6.58 Å². The van der Waals surface area contributed by atoms with Crippen molar-refractivity contribution in [1.82, 2.24) is 5.32 Å². The lowest BCUT2D eigenvalue weighted by Gasteiger charge is -2.14. The summed E-state index contributed by atoms with van der Waals surface area (Å²) >= 11 is 0. The zero-order chi connectivity index (χ0) is 12.8. The molecule has 2 atom stereocenters. The van der Waals surface area contributed by atoms with Crippen LogP contribution in [0, 0.1) is 0 Å². The smallest absolute Gasteiger partial charge is 0.253 e. The molecular formula is C13H17NO3. The van der Waals surface area contributed by atoms with Crippen LogP contribution in [0.5, 0.6) is 5.75 Å². The van der Waals surface area contributed by atoms with Gasteiger partial charge in [0.15, 0.2) is 6.10 Å². The van der Waals surface area contributed by atoms with Gasteiger partial charge in [0.05, 0.1) is 7.11 Å². The number of aliphatic hydroxyl groups excluding tert-OH is 1. The molecule has 4 nitrogen and oxygen atoms in total. The minimum Gasteiger partial charge on any atom is -0.497 e. The molecule has 2 N–H and O–H groups in total. The van der Waals surface area contributed by atoms with Gasteiger partial charge in [0.25, 0.3) is 5.91 Å². The molecule has 0 heterocycles. The summed E-state index contributed by atoms with van der Waals surface area (Å²) in [5.41, 5.74) is 0.498. The fourth-order valence-electron chi connectivity index (χ4n) is 1.33. The Balaban J connectivity index is 2.77. The molecule has 0 bridgehead atoms. The van der Waals surface area contributed by atoms with Gasteiger partial charge in [-0.05, 0) is 24.6 Å². The van der Waals surface area contributed by atoms with Crippen molar-refractivity contribution in [3.8, 4) is 5.75 Å². The maximum absolute atomic E-state index is 11.7. The maximum atomic E-state index is 11.7. The summed E-state index contributed by atoms with van der Waals surface area (Å²) in [6.45, 7) is 5.34. The summed E-state index contributed by atoms with van der Waals surface area (Å²) in [4.78, 5) is 11.7. The second-order valence-electron chi connectivity index (χ2n) is 3.71. The van der Waals surface area contributed by atoms with E-state index in [1.54, 1.807) is 37.3 Å². The summed E-state index contributed by atoms with van der Waals surface area (Å²) in [7, 11) is 1.53. The molecule has 0 spiro atoms. The molecule has 0 saturated heterocycles. The maximum Gasteiger partial charge on any atom is 0.253 e. The van der Waals surface area contributed by atoms with E-state index in [2.05, 4.69) is 11.9 Å². The summed E-state index contributed by atoms with van der Waals surface area (Å²) in [6.07, 6.45) is 0.392. The first kappa shape index (κ1) is 13.3. The number of hydrogen-bond acceptors (Lipinski definition) is 3. The van der Waals surface area contributed by atoms with E-state index in [1.165, 1.54) is 7.11 Å². The topological polar surface area (TPSA) is 58.6 Å². The third-order valence-electron chi connectivity index (χ3n) is 2.38. The first-order chi connectivity index (χ1) is 8.08. The zero-order valence-electron chi connectivity index (χ0n) is 10.0. The van der Waals surface area contributed by atoms with Gasteiger partial charge in [-0.1, -0.05) is 18.2 Å². The quantitative estimate of drug-likeness (QED) is 0.759. The average molecular weight is 235 g/mol. The zero-order valence-corrected chi connectivity index (χ0v) is 10.0. The van der Waals surface area contributed by atoms with Crippen LogP contribution in [0.4, 0.5) is 0 Å². The van der Waals surface area contributed by atoms with E-state index in [0.717, 1.165) is 0 Å². The van der Waals surface area contributed by atoms with Crippen molar-refractivity contribution < 1.29 is 14.6 Å². The van der Waals surface area contributed by atoms with E-state index in [-0.39, 0.29) is 6.04 Å². The summed E-state index contributed by atoms with van der Waals surface area (Å²) in [5.74, 6) is 0.150. The van der Waals surface area contributed by atoms with Crippen LogP contribution in [-0.2, 0) is 4.79 Å². The Morgan fingerprint density at radius 3 is 2.88 bits per heavy atom. The van der Waals surface area contributed by atoms with Crippen molar-refractivity contribution in [3.05, 3.63) is 42.5 Å². The van der Waals surface area contributed by atoms with Crippen LogP contribution >= 0.6 is 0 Å². The second-order valence-corrected chi connectivity index (χ2v) is 3.71. The van der Waals surface area contributed by atoms with Crippen molar-refractivity contribution in [2.75, 3.05) is 7.11 Å². The molecule has 0 aliphatic carbocycles. The highest BCUT2D eigenvalue weighted by Crippen LogP contribution is 2.19. The molecule has 1 amide bonds. The third-order valence-corrected chi connectivity index (χ3v) is 2.38. The van der Waals surface area contributed by atoms with Crippen LogP contribution in [0.1, 0.15) is 18.6 Å². The minimum atomic E-state index is -1.20. The van der Waals surface area contributed by atoms with Gasteiger partial charge < -0.3 is 15.2 Å². The van der Waals surface area contributed by atoms with Crippen LogP contribution in [-0.4, -0.2) is 24.2 Å². The van der Waals surface area contributed by atoms with Gasteiger partial charge >= 0.3 is 0 Å². The Hall–Kier alpha value is -1.81. The molecule has 1 aromatic carbocycles. The molecule has 1 rings (SSSR count). The Morgan fingerprint density at radius 1 is 1.59 bits per heavy atom. The van der Waals surface area contributed by atoms with E-state index in [1.807, 2.05) is 0 Å². The lowest BCUT2D eigenvalue weighted by Crippen LogP contribution is -2.35. The molecule has 0 fully saturated rings. The average Bonchev–Trinajstić information content (AvgIpc) is 2.37. The Labute approximate surface area is 101 Å². The van der Waals surface area contributed by atoms with Crippen LogP contribution < -0.4 is 10.1 Å². The fraction of sp³-hybridized carbons (Fsp3) is 0.308. The van der Waals surface area contributed by atoms with Crippen LogP contribution in [0.2, 0.25) is 0 Å². The molecule has 0 radical (unpaired) electrons. The van der Waals surface area contributed by atoms with Gasteiger partial charge in [-0.2, -0.15) is 0 Å². The highest BCUT2D eigenvalue weighted by Gasteiger charge is 2.18. The molecule has 17 heavy (non-hydrogen) atoms. The predicted molar refractivity (Wildman–Crippen MR) is 65.8 cm³/mol. The van der Waals surface area contributed by atoms with Crippen LogP contribution in [0.25, 0.3) is 0 Å². The number of benzene rings is 1. The van der Waals surface area contributed by atoms with E-state index >= 15 is 0 Å². The predicted octanol–water partition coefficient (Wildman–Crippen LogP) is 1.42. The molecule has 0 aliphatic heterocycles. The number of rotatable bonds is 5. The van der Waals surface area contributed by atoms with Gasteiger partial charge in [-0.25, -0.2) is 0 Å². The SMILES string of the molecule is C=CC(C)NC(=O)C(O)c1cccc(OC)c1. The van der Waals surface area contributed by atoms with E-state index < -0.39 is 12.0 Å². The number of methoxy groups -OCH3 is 1. The highest BCUT2D eigenvalue weighted by atomic mass is 16.5. The highest BCUT2D eigenvalue weighted by molar-refractivity contribution is 5.82. The van der Waals surface area contributed by atoms with Crippen molar-refractivity contribution in [1.29, 1.82) is 0 Å². The molecule has 0 aromatic heterocycles. The molecule has 0 aliphatic rings. The lowest BCUT2D eigenvalue weighted by molar-refractivity contribution is -0.129. The molecule has 2 unspecified atom stereocenters. The van der Waals surface area contributed by atoms with E-state index in [4.69, 9.17) is 4.74 Å². The molecular weight excluding hydrogens is 218 g/mol. The Bertz CT molecular complexity index is 403. The number of carbonyl (C=O) groups excluding carboxylic acids is 1. The first-order valence-electron chi connectivity index (χ1n) is 5.33. The minimum absolute atomic E-state index is 0.178. The normalized spacial score (nSPS) is 13.6. The van der Waals surface area contributed by atoms with Crippen molar-refractivity contribution in [2.24, 2.45) is 0 Å². The standard InChI is InChI=1S/C13H17NO3/c1-4-9(2)14-13(16)12(15)10-6-5-7-11(8-10)17-3/h4-9,12,15H,1H2,2-3H3,(H,14,16). The number of amides is 1. The summed E-state index contributed by atoms with van der Waals surface area (Å²) in [6, 6.07) is 6.60. The van der Waals surface area contributed by atoms with Gasteiger partial charge in [0.2, 0.25) is 0 Å². The molecule has 1 aromatic rings. The Kier molecular flexibility index (Phi) is 4.72. The number of ether oxygens (including phenoxy) is 1. The second kappa shape index (κ2) is 6.06. The number of nitrogens with one attached hydrogen (secondary N) is 1. The largest absolute Gasteiger partial charge is 0.497 e. The summed E-state index contributed by atoms with van der Waals surface area (Å²) < 4.78 is 5.03. The van der Waals surface area contributed by atoms with Gasteiger partial charge in [0.1, 0.15) is 5.75 Å². The number of carbonyl (C=O) groups is 1. The van der Waals surface area contributed by atoms with Gasteiger partial charge in [-0.3, -0.25) is 4.79 Å². The van der Waals surface area contributed by atoms with Crippen LogP contribution in [0.15, 0.2) is 36.9 Å².